The van der Waals surface area contributed by atoms with Gasteiger partial charge in [0.05, 0.1) is 0 Å². The summed E-state index contributed by atoms with van der Waals surface area (Å²) in [7, 11) is 0. The number of fused-ring (bicyclic) bond motifs is 1. The summed E-state index contributed by atoms with van der Waals surface area (Å²) in [5, 5.41) is 0. The van der Waals surface area contributed by atoms with E-state index in [1.807, 2.05) is 0 Å². The summed E-state index contributed by atoms with van der Waals surface area (Å²) in [6, 6.07) is 0. The maximum Gasteiger partial charge on any atom is 0.164 e. The first-order valence-corrected chi connectivity index (χ1v) is 4.32. The fraction of sp³-hybridized carbons (Fsp3) is 0.889. The Morgan fingerprint density at radius 1 is 1.36 bits per heavy atom. The fourth-order valence-corrected chi connectivity index (χ4v) is 2.38. The number of carbonyl (C=O) groups is 1. The lowest BCUT2D eigenvalue weighted by Crippen LogP contribution is -2.33. The Kier molecular flexibility index (Phi) is 1.23. The van der Waals surface area contributed by atoms with Crippen molar-refractivity contribution in [3.8, 4) is 0 Å². The monoisotopic (exact) mass is 154 g/mol. The van der Waals surface area contributed by atoms with Gasteiger partial charge in [0, 0.05) is 0 Å². The zero-order valence-electron chi connectivity index (χ0n) is 7.14. The van der Waals surface area contributed by atoms with Gasteiger partial charge in [-0.2, -0.15) is 0 Å². The highest BCUT2D eigenvalue weighted by Crippen LogP contribution is 2.57. The predicted octanol–water partition coefficient (Wildman–Crippen LogP) is 1.68. The molecule has 2 heteroatoms. The normalized spacial score (nSPS) is 48.2. The Morgan fingerprint density at radius 3 is 2.45 bits per heavy atom. The van der Waals surface area contributed by atoms with E-state index in [-0.39, 0.29) is 17.0 Å². The Bertz CT molecular complexity index is 208. The first-order valence-electron chi connectivity index (χ1n) is 4.32. The fourth-order valence-electron chi connectivity index (χ4n) is 2.38. The minimum atomic E-state index is -0.356. The Labute approximate surface area is 66.9 Å². The van der Waals surface area contributed by atoms with Gasteiger partial charge in [-0.3, -0.25) is 4.79 Å². The van der Waals surface area contributed by atoms with E-state index >= 15 is 0 Å². The Morgan fingerprint density at radius 2 is 2.00 bits per heavy atom. The molecular formula is C9H14O2. The molecule has 0 radical (unpaired) electrons. The number of rotatable bonds is 1. The van der Waals surface area contributed by atoms with E-state index in [0.717, 1.165) is 19.3 Å². The highest BCUT2D eigenvalue weighted by atomic mass is 16.6. The van der Waals surface area contributed by atoms with Crippen molar-refractivity contribution in [2.24, 2.45) is 0 Å². The quantitative estimate of drug-likeness (QED) is 0.538. The number of Topliss-reactive ketones (excluding diaryl/α,β-unsaturated/α-hetero) is 1. The van der Waals surface area contributed by atoms with Crippen LogP contribution in [0.3, 0.4) is 0 Å². The molecule has 2 nitrogen and oxygen atoms in total. The molecule has 0 unspecified atom stereocenters. The molecule has 1 saturated heterocycles. The van der Waals surface area contributed by atoms with E-state index in [0.29, 0.717) is 0 Å². The first kappa shape index (κ1) is 7.29. The van der Waals surface area contributed by atoms with Crippen LogP contribution in [0.5, 0.6) is 0 Å². The summed E-state index contributed by atoms with van der Waals surface area (Å²) in [6.45, 7) is 3.71. The summed E-state index contributed by atoms with van der Waals surface area (Å²) >= 11 is 0. The van der Waals surface area contributed by atoms with Crippen LogP contribution in [-0.4, -0.2) is 17.0 Å². The number of epoxide rings is 1. The van der Waals surface area contributed by atoms with Gasteiger partial charge in [-0.05, 0) is 33.1 Å². The molecule has 2 aliphatic rings. The molecule has 1 saturated carbocycles. The van der Waals surface area contributed by atoms with Gasteiger partial charge in [0.1, 0.15) is 5.60 Å². The summed E-state index contributed by atoms with van der Waals surface area (Å²) in [6.07, 6.45) is 4.37. The van der Waals surface area contributed by atoms with Crippen LogP contribution in [0.1, 0.15) is 39.5 Å². The zero-order chi connectivity index (χ0) is 8.11. The Balaban J connectivity index is 2.23. The second-order valence-corrected chi connectivity index (χ2v) is 3.92. The predicted molar refractivity (Wildman–Crippen MR) is 41.4 cm³/mol. The summed E-state index contributed by atoms with van der Waals surface area (Å²) in [5.74, 6) is 0.222. The highest BCUT2D eigenvalue weighted by Gasteiger charge is 2.70. The van der Waals surface area contributed by atoms with E-state index < -0.39 is 0 Å². The second-order valence-electron chi connectivity index (χ2n) is 3.92. The number of hydrogen-bond donors (Lipinski definition) is 0. The molecule has 62 valence electrons. The van der Waals surface area contributed by atoms with Gasteiger partial charge in [-0.15, -0.1) is 0 Å². The van der Waals surface area contributed by atoms with Crippen LogP contribution in [-0.2, 0) is 9.53 Å². The van der Waals surface area contributed by atoms with Crippen molar-refractivity contribution in [2.75, 3.05) is 0 Å². The molecule has 11 heavy (non-hydrogen) atoms. The Hall–Kier alpha value is -0.370. The van der Waals surface area contributed by atoms with E-state index in [1.54, 1.807) is 6.92 Å². The molecule has 0 amide bonds. The largest absolute Gasteiger partial charge is 0.355 e. The van der Waals surface area contributed by atoms with E-state index in [4.69, 9.17) is 4.74 Å². The van der Waals surface area contributed by atoms with Crippen molar-refractivity contribution >= 4 is 5.78 Å². The van der Waals surface area contributed by atoms with Crippen LogP contribution in [0.15, 0.2) is 0 Å². The molecule has 0 bridgehead atoms. The third-order valence-corrected chi connectivity index (χ3v) is 3.21. The van der Waals surface area contributed by atoms with Crippen LogP contribution < -0.4 is 0 Å². The molecule has 2 fully saturated rings. The number of ketones is 1. The second kappa shape index (κ2) is 1.86. The van der Waals surface area contributed by atoms with Crippen molar-refractivity contribution in [1.82, 2.24) is 0 Å². The molecule has 2 rings (SSSR count). The summed E-state index contributed by atoms with van der Waals surface area (Å²) in [4.78, 5) is 11.2. The van der Waals surface area contributed by atoms with Crippen molar-refractivity contribution < 1.29 is 9.53 Å². The maximum absolute atomic E-state index is 11.2. The minimum absolute atomic E-state index is 0.0862. The number of ether oxygens (including phenoxy) is 1. The van der Waals surface area contributed by atoms with E-state index in [1.165, 1.54) is 6.42 Å². The first-order chi connectivity index (χ1) is 5.11. The van der Waals surface area contributed by atoms with Gasteiger partial charge in [0.15, 0.2) is 11.4 Å². The molecule has 1 aliphatic carbocycles. The van der Waals surface area contributed by atoms with Crippen molar-refractivity contribution in [2.45, 2.75) is 50.7 Å². The topological polar surface area (TPSA) is 29.6 Å². The van der Waals surface area contributed by atoms with Crippen LogP contribution in [0.25, 0.3) is 0 Å². The molecule has 0 aromatic rings. The van der Waals surface area contributed by atoms with Crippen molar-refractivity contribution in [3.05, 3.63) is 0 Å². The van der Waals surface area contributed by atoms with Crippen LogP contribution >= 0.6 is 0 Å². The standard InChI is InChI=1S/C9H14O2/c1-7(10)9-6-4-3-5-8(9,2)11-9/h3-6H2,1-2H3/t8-,9+/m1/s1. The van der Waals surface area contributed by atoms with Gasteiger partial charge in [-0.25, -0.2) is 0 Å². The molecule has 0 N–H and O–H groups in total. The summed E-state index contributed by atoms with van der Waals surface area (Å²) < 4.78 is 5.56. The molecule has 0 aromatic heterocycles. The van der Waals surface area contributed by atoms with Gasteiger partial charge in [0.25, 0.3) is 0 Å². The minimum Gasteiger partial charge on any atom is -0.355 e. The lowest BCUT2D eigenvalue weighted by atomic mass is 9.78. The van der Waals surface area contributed by atoms with Crippen molar-refractivity contribution in [3.63, 3.8) is 0 Å². The molecule has 0 spiro atoms. The van der Waals surface area contributed by atoms with Gasteiger partial charge < -0.3 is 4.74 Å². The van der Waals surface area contributed by atoms with E-state index in [9.17, 15) is 4.79 Å². The average molecular weight is 154 g/mol. The third-order valence-electron chi connectivity index (χ3n) is 3.21. The average Bonchev–Trinajstić information content (AvgIpc) is 2.56. The molecule has 2 atom stereocenters. The van der Waals surface area contributed by atoms with Crippen LogP contribution in [0.4, 0.5) is 0 Å². The van der Waals surface area contributed by atoms with Gasteiger partial charge in [-0.1, -0.05) is 6.42 Å². The third kappa shape index (κ3) is 0.734. The molecule has 1 aliphatic heterocycles. The number of hydrogen-bond acceptors (Lipinski definition) is 2. The van der Waals surface area contributed by atoms with E-state index in [2.05, 4.69) is 6.92 Å². The maximum atomic E-state index is 11.2. The molecule has 0 aromatic carbocycles. The van der Waals surface area contributed by atoms with Gasteiger partial charge >= 0.3 is 0 Å². The summed E-state index contributed by atoms with van der Waals surface area (Å²) in [5.41, 5.74) is -0.442. The van der Waals surface area contributed by atoms with Crippen molar-refractivity contribution in [1.29, 1.82) is 0 Å². The van der Waals surface area contributed by atoms with Crippen LogP contribution in [0, 0.1) is 0 Å². The zero-order valence-corrected chi connectivity index (χ0v) is 7.14. The molecule has 1 heterocycles. The van der Waals surface area contributed by atoms with Gasteiger partial charge in [0.2, 0.25) is 0 Å². The van der Waals surface area contributed by atoms with Crippen LogP contribution in [0.2, 0.25) is 0 Å². The highest BCUT2D eigenvalue weighted by molar-refractivity contribution is 5.89. The number of carbonyl (C=O) groups excluding carboxylic acids is 1. The molecular weight excluding hydrogens is 140 g/mol. The SMILES string of the molecule is CC(=O)[C@@]12CCCC[C@@]1(C)O2. The lowest BCUT2D eigenvalue weighted by molar-refractivity contribution is -0.122. The lowest BCUT2D eigenvalue weighted by Gasteiger charge is -2.19. The smallest absolute Gasteiger partial charge is 0.164 e.